The zero-order valence-electron chi connectivity index (χ0n) is 12.6. The molecule has 2 aliphatic rings. The SMILES string of the molecule is COc1cc(OC)c2c(C3CC3)c(CNC3CC3)oc2c1. The molecule has 1 aromatic carbocycles. The number of hydrogen-bond donors (Lipinski definition) is 1. The van der Waals surface area contributed by atoms with Gasteiger partial charge in [0.15, 0.2) is 0 Å². The molecule has 0 aliphatic heterocycles. The quantitative estimate of drug-likeness (QED) is 0.882. The fourth-order valence-electron chi connectivity index (χ4n) is 2.98. The molecule has 0 spiro atoms. The van der Waals surface area contributed by atoms with Crippen molar-refractivity contribution in [2.24, 2.45) is 0 Å². The number of hydrogen-bond acceptors (Lipinski definition) is 4. The lowest BCUT2D eigenvalue weighted by atomic mass is 10.0. The van der Waals surface area contributed by atoms with Gasteiger partial charge in [-0.1, -0.05) is 0 Å². The summed E-state index contributed by atoms with van der Waals surface area (Å²) in [6.07, 6.45) is 5.08. The highest BCUT2D eigenvalue weighted by atomic mass is 16.5. The van der Waals surface area contributed by atoms with E-state index >= 15 is 0 Å². The van der Waals surface area contributed by atoms with Gasteiger partial charge in [0.1, 0.15) is 22.8 Å². The third-order valence-corrected chi connectivity index (χ3v) is 4.41. The van der Waals surface area contributed by atoms with Gasteiger partial charge in [-0.3, -0.25) is 0 Å². The van der Waals surface area contributed by atoms with Crippen molar-refractivity contribution in [3.05, 3.63) is 23.5 Å². The lowest BCUT2D eigenvalue weighted by Crippen LogP contribution is -2.15. The van der Waals surface area contributed by atoms with Gasteiger partial charge in [-0.25, -0.2) is 0 Å². The second-order valence-electron chi connectivity index (χ2n) is 6.07. The Hall–Kier alpha value is -1.68. The lowest BCUT2D eigenvalue weighted by Gasteiger charge is -2.07. The molecule has 4 heteroatoms. The van der Waals surface area contributed by atoms with Crippen LogP contribution in [-0.2, 0) is 6.54 Å². The molecule has 2 saturated carbocycles. The minimum Gasteiger partial charge on any atom is -0.496 e. The number of ether oxygens (including phenoxy) is 2. The van der Waals surface area contributed by atoms with Crippen molar-refractivity contribution in [1.82, 2.24) is 5.32 Å². The van der Waals surface area contributed by atoms with Crippen molar-refractivity contribution in [1.29, 1.82) is 0 Å². The average molecular weight is 287 g/mol. The molecule has 4 nitrogen and oxygen atoms in total. The van der Waals surface area contributed by atoms with Gasteiger partial charge in [0.2, 0.25) is 0 Å². The van der Waals surface area contributed by atoms with Gasteiger partial charge in [0.25, 0.3) is 0 Å². The van der Waals surface area contributed by atoms with E-state index in [1.165, 1.54) is 31.2 Å². The summed E-state index contributed by atoms with van der Waals surface area (Å²) in [6, 6.07) is 4.59. The Morgan fingerprint density at radius 3 is 2.57 bits per heavy atom. The Morgan fingerprint density at radius 2 is 1.95 bits per heavy atom. The van der Waals surface area contributed by atoms with E-state index in [9.17, 15) is 0 Å². The number of methoxy groups -OCH3 is 2. The third kappa shape index (κ3) is 2.38. The molecule has 1 aromatic heterocycles. The van der Waals surface area contributed by atoms with Gasteiger partial charge in [-0.05, 0) is 31.6 Å². The van der Waals surface area contributed by atoms with Crippen molar-refractivity contribution in [2.75, 3.05) is 14.2 Å². The molecule has 2 fully saturated rings. The fraction of sp³-hybridized carbons (Fsp3) is 0.529. The maximum atomic E-state index is 6.14. The van der Waals surface area contributed by atoms with Crippen molar-refractivity contribution in [3.8, 4) is 11.5 Å². The van der Waals surface area contributed by atoms with E-state index in [0.717, 1.165) is 34.8 Å². The molecule has 112 valence electrons. The van der Waals surface area contributed by atoms with Crippen LogP contribution in [0.2, 0.25) is 0 Å². The van der Waals surface area contributed by atoms with Crippen LogP contribution in [0, 0.1) is 0 Å². The van der Waals surface area contributed by atoms with Crippen molar-refractivity contribution in [2.45, 2.75) is 44.2 Å². The van der Waals surface area contributed by atoms with Gasteiger partial charge < -0.3 is 19.2 Å². The lowest BCUT2D eigenvalue weighted by molar-refractivity contribution is 0.396. The predicted octanol–water partition coefficient (Wildman–Crippen LogP) is 3.58. The molecule has 1 N–H and O–H groups in total. The van der Waals surface area contributed by atoms with Gasteiger partial charge in [-0.15, -0.1) is 0 Å². The first-order chi connectivity index (χ1) is 10.3. The second-order valence-corrected chi connectivity index (χ2v) is 6.07. The van der Waals surface area contributed by atoms with Gasteiger partial charge in [0, 0.05) is 23.7 Å². The standard InChI is InChI=1S/C17H21NO3/c1-19-12-7-13(20-2)17-14(8-12)21-15(9-18-11-5-6-11)16(17)10-3-4-10/h7-8,10-11,18H,3-6,9H2,1-2H3. The Kier molecular flexibility index (Phi) is 3.07. The summed E-state index contributed by atoms with van der Waals surface area (Å²) >= 11 is 0. The number of fused-ring (bicyclic) bond motifs is 1. The Morgan fingerprint density at radius 1 is 1.14 bits per heavy atom. The molecule has 0 bridgehead atoms. The second kappa shape index (κ2) is 4.95. The predicted molar refractivity (Wildman–Crippen MR) is 81.2 cm³/mol. The van der Waals surface area contributed by atoms with E-state index in [-0.39, 0.29) is 0 Å². The van der Waals surface area contributed by atoms with Crippen molar-refractivity contribution in [3.63, 3.8) is 0 Å². The molecule has 2 aliphatic carbocycles. The fourth-order valence-corrected chi connectivity index (χ4v) is 2.98. The number of furan rings is 1. The molecule has 0 unspecified atom stereocenters. The third-order valence-electron chi connectivity index (χ3n) is 4.41. The van der Waals surface area contributed by atoms with Gasteiger partial charge in [-0.2, -0.15) is 0 Å². The van der Waals surface area contributed by atoms with Crippen LogP contribution < -0.4 is 14.8 Å². The normalized spacial score (nSPS) is 18.2. The number of nitrogens with one attached hydrogen (secondary N) is 1. The van der Waals surface area contributed by atoms with Crippen LogP contribution in [0.4, 0.5) is 0 Å². The molecule has 4 rings (SSSR count). The summed E-state index contributed by atoms with van der Waals surface area (Å²) in [4.78, 5) is 0. The first kappa shape index (κ1) is 13.0. The van der Waals surface area contributed by atoms with Crippen LogP contribution in [0.25, 0.3) is 11.0 Å². The Labute approximate surface area is 124 Å². The van der Waals surface area contributed by atoms with E-state index in [1.54, 1.807) is 14.2 Å². The molecule has 21 heavy (non-hydrogen) atoms. The van der Waals surface area contributed by atoms with Crippen LogP contribution in [0.1, 0.15) is 42.9 Å². The highest BCUT2D eigenvalue weighted by molar-refractivity contribution is 5.91. The summed E-state index contributed by atoms with van der Waals surface area (Å²) < 4.78 is 17.1. The first-order valence-corrected chi connectivity index (χ1v) is 7.71. The number of rotatable bonds is 6. The monoisotopic (exact) mass is 287 g/mol. The topological polar surface area (TPSA) is 43.6 Å². The highest BCUT2D eigenvalue weighted by Gasteiger charge is 2.33. The molecular formula is C17H21NO3. The van der Waals surface area contributed by atoms with Crippen molar-refractivity contribution >= 4 is 11.0 Å². The zero-order chi connectivity index (χ0) is 14.4. The van der Waals surface area contributed by atoms with E-state index < -0.39 is 0 Å². The van der Waals surface area contributed by atoms with Crippen LogP contribution in [-0.4, -0.2) is 20.3 Å². The first-order valence-electron chi connectivity index (χ1n) is 7.71. The molecule has 1 heterocycles. The summed E-state index contributed by atoms with van der Waals surface area (Å²) in [5.41, 5.74) is 2.22. The highest BCUT2D eigenvalue weighted by Crippen LogP contribution is 2.49. The molecule has 0 amide bonds. The van der Waals surface area contributed by atoms with Crippen LogP contribution in [0.15, 0.2) is 16.5 Å². The molecule has 0 radical (unpaired) electrons. The van der Waals surface area contributed by atoms with Crippen LogP contribution in [0.3, 0.4) is 0 Å². The van der Waals surface area contributed by atoms with E-state index in [4.69, 9.17) is 13.9 Å². The van der Waals surface area contributed by atoms with E-state index in [2.05, 4.69) is 5.32 Å². The number of benzene rings is 1. The smallest absolute Gasteiger partial charge is 0.142 e. The summed E-state index contributed by atoms with van der Waals surface area (Å²) in [5, 5.41) is 4.69. The largest absolute Gasteiger partial charge is 0.496 e. The van der Waals surface area contributed by atoms with Crippen LogP contribution in [0.5, 0.6) is 11.5 Å². The molecule has 0 atom stereocenters. The maximum absolute atomic E-state index is 6.14. The molecule has 0 saturated heterocycles. The van der Waals surface area contributed by atoms with E-state index in [1.807, 2.05) is 12.1 Å². The maximum Gasteiger partial charge on any atom is 0.142 e. The Balaban J connectivity index is 1.81. The van der Waals surface area contributed by atoms with Gasteiger partial charge in [0.05, 0.1) is 26.2 Å². The van der Waals surface area contributed by atoms with E-state index in [0.29, 0.717) is 12.0 Å². The minimum atomic E-state index is 0.629. The van der Waals surface area contributed by atoms with Gasteiger partial charge >= 0.3 is 0 Å². The average Bonchev–Trinajstić information content (AvgIpc) is 3.41. The summed E-state index contributed by atoms with van der Waals surface area (Å²) in [6.45, 7) is 0.816. The van der Waals surface area contributed by atoms with Crippen molar-refractivity contribution < 1.29 is 13.9 Å². The summed E-state index contributed by atoms with van der Waals surface area (Å²) in [5.74, 6) is 3.33. The zero-order valence-corrected chi connectivity index (χ0v) is 12.6. The molecule has 2 aromatic rings. The summed E-state index contributed by atoms with van der Waals surface area (Å²) in [7, 11) is 3.38. The Bertz CT molecular complexity index is 668. The van der Waals surface area contributed by atoms with Crippen LogP contribution >= 0.6 is 0 Å². The molecular weight excluding hydrogens is 266 g/mol. The minimum absolute atomic E-state index is 0.629.